The first-order valence-electron chi connectivity index (χ1n) is 12.1. The Labute approximate surface area is 213 Å². The lowest BCUT2D eigenvalue weighted by Crippen LogP contribution is -2.53. The lowest BCUT2D eigenvalue weighted by molar-refractivity contribution is 0.00751. The van der Waals surface area contributed by atoms with Crippen molar-refractivity contribution < 1.29 is 34.8 Å². The van der Waals surface area contributed by atoms with Crippen LogP contribution in [0.2, 0.25) is 0 Å². The van der Waals surface area contributed by atoms with Crippen LogP contribution in [0.4, 0.5) is 0 Å². The fraction of sp³-hybridized carbons (Fsp3) is 0.286. The van der Waals surface area contributed by atoms with Gasteiger partial charge in [-0.25, -0.2) is 4.79 Å². The highest BCUT2D eigenvalue weighted by atomic mass is 16.5. The van der Waals surface area contributed by atoms with E-state index >= 15 is 0 Å². The number of benzene rings is 3. The molecule has 1 spiro atoms. The zero-order chi connectivity index (χ0) is 27.0. The molecule has 3 atom stereocenters. The average molecular weight is 515 g/mol. The van der Waals surface area contributed by atoms with Gasteiger partial charge in [0.15, 0.2) is 16.6 Å². The molecule has 4 aromatic rings. The Kier molecular flexibility index (Phi) is 4.20. The molecule has 0 saturated heterocycles. The second-order valence-corrected chi connectivity index (χ2v) is 10.4. The van der Waals surface area contributed by atoms with Crippen LogP contribution in [-0.4, -0.2) is 56.1 Å². The van der Waals surface area contributed by atoms with Crippen LogP contribution in [0, 0.1) is 13.8 Å². The van der Waals surface area contributed by atoms with Gasteiger partial charge in [-0.3, -0.25) is 14.4 Å². The zero-order valence-corrected chi connectivity index (χ0v) is 20.3. The summed E-state index contributed by atoms with van der Waals surface area (Å²) in [6.45, 7) is 2.38. The minimum Gasteiger partial charge on any atom is -0.507 e. The summed E-state index contributed by atoms with van der Waals surface area (Å²) in [5.41, 5.74) is -1.63. The van der Waals surface area contributed by atoms with Gasteiger partial charge in [0.25, 0.3) is 0 Å². The average Bonchev–Trinajstić information content (AvgIpc) is 3.04. The molecule has 2 bridgehead atoms. The fourth-order valence-corrected chi connectivity index (χ4v) is 7.18. The van der Waals surface area contributed by atoms with Crippen LogP contribution in [0.5, 0.6) is 11.6 Å². The van der Waals surface area contributed by atoms with Crippen molar-refractivity contribution in [1.29, 1.82) is 0 Å². The van der Waals surface area contributed by atoms with Gasteiger partial charge in [-0.15, -0.1) is 0 Å². The van der Waals surface area contributed by atoms with Crippen molar-refractivity contribution in [2.24, 2.45) is 0 Å². The third-order valence-corrected chi connectivity index (χ3v) is 8.58. The van der Waals surface area contributed by atoms with Gasteiger partial charge in [0.2, 0.25) is 5.88 Å². The number of Topliss-reactive ketones (excluding diaryl/α,β-unsaturated/α-hetero) is 1. The van der Waals surface area contributed by atoms with Gasteiger partial charge >= 0.3 is 5.97 Å². The number of nitrogens with zero attached hydrogens (tertiary/aromatic N) is 1. The van der Waals surface area contributed by atoms with E-state index in [0.717, 1.165) is 0 Å². The lowest BCUT2D eigenvalue weighted by Gasteiger charge is -2.43. The first-order valence-corrected chi connectivity index (χ1v) is 12.1. The van der Waals surface area contributed by atoms with Crippen molar-refractivity contribution in [3.63, 3.8) is 0 Å². The number of aliphatic hydroxyl groups excluding tert-OH is 2. The van der Waals surface area contributed by atoms with Crippen LogP contribution in [0.15, 0.2) is 27.9 Å². The molecule has 1 aliphatic heterocycles. The monoisotopic (exact) mass is 515 g/mol. The van der Waals surface area contributed by atoms with Gasteiger partial charge in [0, 0.05) is 34.6 Å². The molecule has 0 fully saturated rings. The quantitative estimate of drug-likeness (QED) is 0.286. The van der Waals surface area contributed by atoms with Crippen LogP contribution in [0.3, 0.4) is 0 Å². The maximum atomic E-state index is 14.4. The van der Waals surface area contributed by atoms with Crippen molar-refractivity contribution in [1.82, 2.24) is 4.57 Å². The number of esters is 1. The van der Waals surface area contributed by atoms with Crippen LogP contribution in [0.1, 0.15) is 54.5 Å². The number of ketones is 1. The number of phenolic OH excluding ortho intramolecular Hbond substituents is 1. The number of hydrogen-bond acceptors (Lipinski definition) is 9. The Morgan fingerprint density at radius 2 is 1.74 bits per heavy atom. The van der Waals surface area contributed by atoms with E-state index in [1.165, 1.54) is 22.9 Å². The summed E-state index contributed by atoms with van der Waals surface area (Å²) in [6.07, 6.45) is -0.141. The Bertz CT molecular complexity index is 1940. The molecule has 192 valence electrons. The highest BCUT2D eigenvalue weighted by Crippen LogP contribution is 2.60. The van der Waals surface area contributed by atoms with Crippen molar-refractivity contribution in [2.75, 3.05) is 13.2 Å². The second-order valence-electron chi connectivity index (χ2n) is 10.4. The van der Waals surface area contributed by atoms with Crippen LogP contribution in [0.25, 0.3) is 21.5 Å². The second kappa shape index (κ2) is 6.97. The van der Waals surface area contributed by atoms with E-state index in [4.69, 9.17) is 4.74 Å². The van der Waals surface area contributed by atoms with Gasteiger partial charge in [-0.2, -0.15) is 0 Å². The molecule has 2 heterocycles. The molecule has 0 radical (unpaired) electrons. The normalized spacial score (nSPS) is 23.2. The summed E-state index contributed by atoms with van der Waals surface area (Å²) >= 11 is 0. The summed E-state index contributed by atoms with van der Waals surface area (Å²) in [5.74, 6) is -3.41. The summed E-state index contributed by atoms with van der Waals surface area (Å²) < 4.78 is 6.65. The number of ether oxygens (including phenoxy) is 1. The van der Waals surface area contributed by atoms with Crippen molar-refractivity contribution in [3.8, 4) is 11.6 Å². The number of aryl methyl sites for hydroxylation is 2. The minimum atomic E-state index is -1.63. The number of pyridine rings is 1. The third-order valence-electron chi connectivity index (χ3n) is 8.58. The Morgan fingerprint density at radius 1 is 1.00 bits per heavy atom. The number of aromatic nitrogens is 1. The highest BCUT2D eigenvalue weighted by molar-refractivity contribution is 6.19. The minimum absolute atomic E-state index is 0.0549. The first kappa shape index (κ1) is 22.9. The summed E-state index contributed by atoms with van der Waals surface area (Å²) in [7, 11) is 0. The van der Waals surface area contributed by atoms with Crippen molar-refractivity contribution in [2.45, 2.75) is 37.8 Å². The van der Waals surface area contributed by atoms with Crippen LogP contribution < -0.4 is 10.9 Å². The topological polar surface area (TPSA) is 163 Å². The lowest BCUT2D eigenvalue weighted by atomic mass is 9.63. The standard InChI is InChI=1S/C28H21NO9/c1-9-5-12(31)17-16-11(7-29(3-4-30)26(17)36)23(33)22-19(14(9)16)20-24(34)15-10(2)6-13(32)18-21(15)28(22,25(20)35)8-38-27(18)37/h5-7,20,25,30,32,35-36H,3-4,8H2,1-2H3/t20-,25-,28-/m0/s1. The number of phenols is 1. The van der Waals surface area contributed by atoms with E-state index in [0.29, 0.717) is 16.5 Å². The summed E-state index contributed by atoms with van der Waals surface area (Å²) in [6, 6.07) is 2.60. The fourth-order valence-electron chi connectivity index (χ4n) is 7.18. The molecule has 4 N–H and O–H groups in total. The van der Waals surface area contributed by atoms with Gasteiger partial charge in [-0.05, 0) is 53.6 Å². The predicted octanol–water partition coefficient (Wildman–Crippen LogP) is 1.08. The van der Waals surface area contributed by atoms with Crippen LogP contribution in [-0.2, 0) is 16.7 Å². The molecular weight excluding hydrogens is 494 g/mol. The molecule has 0 amide bonds. The largest absolute Gasteiger partial charge is 0.507 e. The molecule has 0 saturated carbocycles. The molecule has 10 heteroatoms. The SMILES string of the molecule is Cc1cc(O)c2c3c1C(=O)[C@@H]1c4c(c(=O)c5cn(CCO)c(O)c6c(=O)cc(C)c4c56)[C@@]3(COC2=O)[C@H]1O. The molecule has 2 aliphatic carbocycles. The molecule has 7 rings (SSSR count). The Morgan fingerprint density at radius 3 is 2.45 bits per heavy atom. The number of hydrogen-bond donors (Lipinski definition) is 4. The van der Waals surface area contributed by atoms with Crippen molar-refractivity contribution in [3.05, 3.63) is 77.7 Å². The maximum absolute atomic E-state index is 14.4. The van der Waals surface area contributed by atoms with Gasteiger partial charge in [0.1, 0.15) is 17.9 Å². The number of carbonyl (C=O) groups is 2. The Hall–Kier alpha value is -4.28. The summed E-state index contributed by atoms with van der Waals surface area (Å²) in [4.78, 5) is 54.3. The molecule has 10 nitrogen and oxygen atoms in total. The van der Waals surface area contributed by atoms with E-state index in [2.05, 4.69) is 0 Å². The van der Waals surface area contributed by atoms with E-state index in [1.807, 2.05) is 0 Å². The predicted molar refractivity (Wildman–Crippen MR) is 134 cm³/mol. The smallest absolute Gasteiger partial charge is 0.342 e. The van der Waals surface area contributed by atoms with E-state index in [1.54, 1.807) is 13.8 Å². The molecule has 3 aliphatic rings. The number of carbonyl (C=O) groups excluding carboxylic acids is 2. The molecule has 3 aromatic carbocycles. The number of cyclic esters (lactones) is 1. The van der Waals surface area contributed by atoms with E-state index < -0.39 is 58.3 Å². The molecule has 38 heavy (non-hydrogen) atoms. The Balaban J connectivity index is 1.78. The number of aromatic hydroxyl groups is 2. The third kappa shape index (κ3) is 2.27. The van der Waals surface area contributed by atoms with Crippen LogP contribution >= 0.6 is 0 Å². The van der Waals surface area contributed by atoms with E-state index in [-0.39, 0.29) is 57.1 Å². The number of fused-ring (bicyclic) bond motifs is 4. The first-order chi connectivity index (χ1) is 18.1. The maximum Gasteiger partial charge on any atom is 0.342 e. The number of aliphatic hydroxyl groups is 2. The summed E-state index contributed by atoms with van der Waals surface area (Å²) in [5, 5.41) is 43.5. The molecular formula is C28H21NO9. The highest BCUT2D eigenvalue weighted by Gasteiger charge is 2.65. The van der Waals surface area contributed by atoms with Crippen molar-refractivity contribution >= 4 is 33.3 Å². The number of rotatable bonds is 2. The van der Waals surface area contributed by atoms with Gasteiger partial charge in [-0.1, -0.05) is 0 Å². The zero-order valence-electron chi connectivity index (χ0n) is 20.3. The van der Waals surface area contributed by atoms with Gasteiger partial charge in [0.05, 0.1) is 29.4 Å². The molecule has 0 unspecified atom stereocenters. The molecule has 1 aromatic heterocycles. The van der Waals surface area contributed by atoms with E-state index in [9.17, 15) is 39.6 Å². The van der Waals surface area contributed by atoms with Gasteiger partial charge < -0.3 is 29.7 Å².